The normalized spacial score (nSPS) is 13.5. The van der Waals surface area contributed by atoms with E-state index in [1.807, 2.05) is 18.2 Å². The van der Waals surface area contributed by atoms with E-state index < -0.39 is 0 Å². The van der Waals surface area contributed by atoms with Gasteiger partial charge in [-0.15, -0.1) is 19.8 Å². The van der Waals surface area contributed by atoms with Crippen LogP contribution in [0.25, 0.3) is 5.57 Å². The smallest absolute Gasteiger partial charge is 0.173 e. The first-order chi connectivity index (χ1) is 19.4. The van der Waals surface area contributed by atoms with Crippen LogP contribution in [0.1, 0.15) is 46.7 Å². The minimum Gasteiger partial charge on any atom is -0.507 e. The van der Waals surface area contributed by atoms with Gasteiger partial charge in [-0.3, -0.25) is 0 Å². The lowest BCUT2D eigenvalue weighted by molar-refractivity contribution is 0.300. The zero-order chi connectivity index (χ0) is 28.1. The molecule has 2 aromatic heterocycles. The summed E-state index contributed by atoms with van der Waals surface area (Å²) in [5.41, 5.74) is 4.87. The Balaban J connectivity index is 1.61. The molecule has 202 valence electrons. The summed E-state index contributed by atoms with van der Waals surface area (Å²) in [4.78, 5) is 2.59. The number of aliphatic hydroxyl groups excluding tert-OH is 1. The van der Waals surface area contributed by atoms with Gasteiger partial charge < -0.3 is 15.3 Å². The average Bonchev–Trinajstić information content (AvgIpc) is 3.57. The number of benzene rings is 2. The second-order valence-corrected chi connectivity index (χ2v) is 8.96. The number of aliphatic hydroxyl groups is 1. The Morgan fingerprint density at radius 3 is 1.82 bits per heavy atom. The lowest BCUT2D eigenvalue weighted by Crippen LogP contribution is -2.01. The summed E-state index contributed by atoms with van der Waals surface area (Å²) in [6.45, 7) is 3.51. The number of rotatable bonds is 8. The van der Waals surface area contributed by atoms with E-state index in [1.165, 1.54) is 9.58 Å². The molecular formula is C27H26N10O3. The lowest BCUT2D eigenvalue weighted by Gasteiger charge is -2.19. The third-order valence-corrected chi connectivity index (χ3v) is 6.22. The van der Waals surface area contributed by atoms with Gasteiger partial charge in [-0.1, -0.05) is 18.2 Å². The largest absolute Gasteiger partial charge is 0.507 e. The van der Waals surface area contributed by atoms with Crippen LogP contribution in [0, 0.1) is 13.8 Å². The molecule has 0 radical (unpaired) electrons. The summed E-state index contributed by atoms with van der Waals surface area (Å²) in [7, 11) is 0. The highest BCUT2D eigenvalue weighted by molar-refractivity contribution is 5.93. The summed E-state index contributed by atoms with van der Waals surface area (Å²) < 4.78 is 0. The Bertz CT molecular complexity index is 1590. The van der Waals surface area contributed by atoms with Crippen molar-refractivity contribution >= 4 is 18.0 Å². The van der Waals surface area contributed by atoms with E-state index in [4.69, 9.17) is 0 Å². The summed E-state index contributed by atoms with van der Waals surface area (Å²) >= 11 is 0. The number of nitrogens with zero attached hydrogens (tertiary/aromatic N) is 10. The molecule has 40 heavy (non-hydrogen) atoms. The Kier molecular flexibility index (Phi) is 7.64. The third kappa shape index (κ3) is 5.73. The van der Waals surface area contributed by atoms with Crippen LogP contribution in [0.15, 0.2) is 76.0 Å². The second-order valence-electron chi connectivity index (χ2n) is 8.96. The maximum absolute atomic E-state index is 11.0. The summed E-state index contributed by atoms with van der Waals surface area (Å²) in [5.74, 6) is 1.10. The number of phenolic OH excluding ortho intramolecular Hbond substituents is 2. The number of tetrazole rings is 2. The quantitative estimate of drug-likeness (QED) is 0.285. The zero-order valence-electron chi connectivity index (χ0n) is 21.8. The van der Waals surface area contributed by atoms with Crippen molar-refractivity contribution in [2.45, 2.75) is 26.7 Å². The molecule has 1 aliphatic carbocycles. The molecule has 1 aliphatic rings. The van der Waals surface area contributed by atoms with Crippen LogP contribution in [0.4, 0.5) is 0 Å². The molecule has 0 amide bonds. The third-order valence-electron chi connectivity index (χ3n) is 6.22. The van der Waals surface area contributed by atoms with Crippen LogP contribution in [-0.4, -0.2) is 75.0 Å². The Labute approximate surface area is 228 Å². The molecule has 13 nitrogen and oxygen atoms in total. The van der Waals surface area contributed by atoms with Crippen molar-refractivity contribution in [3.63, 3.8) is 0 Å². The minimum atomic E-state index is 0.0274. The highest BCUT2D eigenvalue weighted by Crippen LogP contribution is 2.40. The number of hydrogen-bond acceptors (Lipinski definition) is 11. The highest BCUT2D eigenvalue weighted by Gasteiger charge is 2.19. The van der Waals surface area contributed by atoms with Crippen LogP contribution in [-0.2, 0) is 0 Å². The number of aryl methyl sites for hydroxylation is 2. The molecule has 3 N–H and O–H groups in total. The maximum atomic E-state index is 11.0. The fourth-order valence-corrected chi connectivity index (χ4v) is 4.15. The van der Waals surface area contributed by atoms with Crippen LogP contribution in [0.3, 0.4) is 0 Å². The fraction of sp³-hybridized carbons (Fsp3) is 0.185. The van der Waals surface area contributed by atoms with E-state index in [-0.39, 0.29) is 18.1 Å². The Hall–Kier alpha value is -5.30. The van der Waals surface area contributed by atoms with Crippen molar-refractivity contribution in [3.8, 4) is 11.5 Å². The number of aromatic hydroxyl groups is 2. The number of hydrogen-bond donors (Lipinski definition) is 3. The van der Waals surface area contributed by atoms with E-state index >= 15 is 0 Å². The van der Waals surface area contributed by atoms with Gasteiger partial charge in [0.15, 0.2) is 11.6 Å². The van der Waals surface area contributed by atoms with E-state index in [1.54, 1.807) is 62.7 Å². The van der Waals surface area contributed by atoms with Crippen molar-refractivity contribution in [1.82, 2.24) is 40.6 Å². The van der Waals surface area contributed by atoms with Crippen LogP contribution >= 0.6 is 0 Å². The predicted molar refractivity (Wildman–Crippen MR) is 147 cm³/mol. The molecule has 5 rings (SSSR count). The van der Waals surface area contributed by atoms with Gasteiger partial charge >= 0.3 is 0 Å². The Morgan fingerprint density at radius 2 is 1.40 bits per heavy atom. The molecule has 0 atom stereocenters. The van der Waals surface area contributed by atoms with Gasteiger partial charge in [0, 0.05) is 17.7 Å². The van der Waals surface area contributed by atoms with E-state index in [9.17, 15) is 15.3 Å². The lowest BCUT2D eigenvalue weighted by atomic mass is 9.86. The van der Waals surface area contributed by atoms with Crippen LogP contribution < -0.4 is 0 Å². The van der Waals surface area contributed by atoms with Crippen molar-refractivity contribution in [2.75, 3.05) is 6.61 Å². The number of aromatic nitrogens is 8. The molecule has 4 aromatic rings. The summed E-state index contributed by atoms with van der Waals surface area (Å²) in [6, 6.07) is 10.2. The van der Waals surface area contributed by atoms with E-state index in [2.05, 4.69) is 41.3 Å². The average molecular weight is 539 g/mol. The molecule has 0 saturated carbocycles. The van der Waals surface area contributed by atoms with E-state index in [0.29, 0.717) is 52.3 Å². The van der Waals surface area contributed by atoms with Crippen LogP contribution in [0.5, 0.6) is 11.5 Å². The first-order valence-electron chi connectivity index (χ1n) is 12.4. The molecule has 0 saturated heterocycles. The number of allylic oxidation sites excluding steroid dienone is 4. The fourth-order valence-electron chi connectivity index (χ4n) is 4.15. The van der Waals surface area contributed by atoms with Gasteiger partial charge in [0.1, 0.15) is 11.5 Å². The molecule has 0 fully saturated rings. The summed E-state index contributed by atoms with van der Waals surface area (Å²) in [5, 5.41) is 62.5. The van der Waals surface area contributed by atoms with Crippen molar-refractivity contribution in [1.29, 1.82) is 0 Å². The molecule has 0 aliphatic heterocycles. The standard InChI is InChI=1S/C27H26N10O3/c1-17-30-32-34-36(17)28-15-20-5-9-25(39)23(13-20)27(22-7-3-19(4-8-22)11-12-38)24-14-21(6-10-26(24)40)16-29-37-18(2)31-33-35-37/h3-7,9-10,13-16,38-40H,8,11-12H2,1-2H3. The molecule has 2 heterocycles. The zero-order valence-corrected chi connectivity index (χ0v) is 21.8. The van der Waals surface area contributed by atoms with Gasteiger partial charge in [-0.2, -0.15) is 10.2 Å². The van der Waals surface area contributed by atoms with Crippen LogP contribution in [0.2, 0.25) is 0 Å². The minimum absolute atomic E-state index is 0.0274. The van der Waals surface area contributed by atoms with E-state index in [0.717, 1.165) is 11.1 Å². The first-order valence-corrected chi connectivity index (χ1v) is 12.4. The first kappa shape index (κ1) is 26.3. The number of phenols is 2. The molecule has 2 aromatic carbocycles. The van der Waals surface area contributed by atoms with Gasteiger partial charge in [0.2, 0.25) is 0 Å². The summed E-state index contributed by atoms with van der Waals surface area (Å²) in [6.07, 6.45) is 10.1. The molecule has 0 unspecified atom stereocenters. The SMILES string of the molecule is Cc1nnnn1N=Cc1ccc(O)c(C(=C2C=CC(CCO)=CC2)c2cc(C=Nn3nnnc3C)ccc2O)c1. The van der Waals surface area contributed by atoms with Gasteiger partial charge in [-0.25, -0.2) is 0 Å². The second kappa shape index (κ2) is 11.6. The molecule has 0 bridgehead atoms. The van der Waals surface area contributed by atoms with Crippen molar-refractivity contribution in [3.05, 3.63) is 99.7 Å². The van der Waals surface area contributed by atoms with Crippen molar-refractivity contribution in [2.24, 2.45) is 10.2 Å². The molecule has 0 spiro atoms. The topological polar surface area (TPSA) is 173 Å². The molecule has 13 heteroatoms. The van der Waals surface area contributed by atoms with Gasteiger partial charge in [0.05, 0.1) is 12.4 Å². The Morgan fingerprint density at radius 1 is 0.850 bits per heavy atom. The van der Waals surface area contributed by atoms with Crippen molar-refractivity contribution < 1.29 is 15.3 Å². The van der Waals surface area contributed by atoms with Gasteiger partial charge in [-0.05, 0) is 112 Å². The molecular weight excluding hydrogens is 512 g/mol. The maximum Gasteiger partial charge on any atom is 0.173 e. The monoisotopic (exact) mass is 538 g/mol. The predicted octanol–water partition coefficient (Wildman–Crippen LogP) is 2.52. The van der Waals surface area contributed by atoms with Gasteiger partial charge in [0.25, 0.3) is 0 Å². The highest BCUT2D eigenvalue weighted by atomic mass is 16.3.